The Bertz CT molecular complexity index is 1030. The topological polar surface area (TPSA) is 88.6 Å². The fourth-order valence-electron chi connectivity index (χ4n) is 3.42. The van der Waals surface area contributed by atoms with Crippen molar-refractivity contribution in [3.05, 3.63) is 47.4 Å². The summed E-state index contributed by atoms with van der Waals surface area (Å²) in [6.07, 6.45) is 0.828. The third-order valence-electron chi connectivity index (χ3n) is 4.98. The van der Waals surface area contributed by atoms with Crippen molar-refractivity contribution in [1.82, 2.24) is 9.88 Å². The summed E-state index contributed by atoms with van der Waals surface area (Å²) in [7, 11) is -0.197. The number of amides is 1. The predicted octanol–water partition coefficient (Wildman–Crippen LogP) is 2.63. The molecule has 1 aliphatic heterocycles. The van der Waals surface area contributed by atoms with Crippen molar-refractivity contribution in [2.24, 2.45) is 5.92 Å². The number of carbonyl (C=O) groups is 1. The van der Waals surface area contributed by atoms with Crippen LogP contribution >= 0.6 is 13.5 Å². The summed E-state index contributed by atoms with van der Waals surface area (Å²) in [5, 5.41) is 2.56. The van der Waals surface area contributed by atoms with Crippen LogP contribution in [0.3, 0.4) is 0 Å². The number of carbonyl (C=O) groups excluding carboxylic acids is 1. The second-order valence-corrected chi connectivity index (χ2v) is 9.31. The molecule has 1 aromatic carbocycles. The van der Waals surface area contributed by atoms with Gasteiger partial charge in [-0.25, -0.2) is 17.8 Å². The number of sulfone groups is 1. The Hall–Kier alpha value is -2.17. The average Bonchev–Trinajstić information content (AvgIpc) is 3.08. The molecule has 164 valence electrons. The molecule has 1 aliphatic rings. The number of hydrogen-bond acceptors (Lipinski definition) is 6. The zero-order valence-electron chi connectivity index (χ0n) is 17.1. The lowest BCUT2D eigenvalue weighted by Gasteiger charge is -2.14. The Morgan fingerprint density at radius 1 is 1.33 bits per heavy atom. The van der Waals surface area contributed by atoms with Crippen LogP contribution in [0.4, 0.5) is 10.2 Å². The van der Waals surface area contributed by atoms with E-state index in [1.54, 1.807) is 0 Å². The molecular formula is C20H26FN3O4S2. The minimum absolute atomic E-state index is 0. The first-order chi connectivity index (χ1) is 13.7. The molecule has 3 rings (SSSR count). The molecule has 1 atom stereocenters. The molecule has 0 spiro atoms. The number of likely N-dealkylation sites (tertiary alicyclic amines) is 1. The molecule has 0 aliphatic carbocycles. The lowest BCUT2D eigenvalue weighted by atomic mass is 10.2. The Kier molecular flexibility index (Phi) is 7.84. The highest BCUT2D eigenvalue weighted by atomic mass is 32.2. The first-order valence-electron chi connectivity index (χ1n) is 9.23. The fraction of sp³-hybridized carbons (Fsp3) is 0.400. The summed E-state index contributed by atoms with van der Waals surface area (Å²) >= 11 is 0. The molecule has 30 heavy (non-hydrogen) atoms. The highest BCUT2D eigenvalue weighted by Gasteiger charge is 2.27. The van der Waals surface area contributed by atoms with E-state index in [0.29, 0.717) is 0 Å². The van der Waals surface area contributed by atoms with Crippen LogP contribution in [0.1, 0.15) is 22.5 Å². The van der Waals surface area contributed by atoms with Crippen LogP contribution in [0.5, 0.6) is 5.75 Å². The SMILES string of the molecule is COc1ccc(S(=O)(=O)C[C@H]2CCN(C)C2)cc1C(=O)Nc1ccc(F)c(C)n1.S. The monoisotopic (exact) mass is 455 g/mol. The molecule has 1 N–H and O–H groups in total. The molecule has 0 unspecified atom stereocenters. The van der Waals surface area contributed by atoms with Gasteiger partial charge in [0.1, 0.15) is 17.4 Å². The normalized spacial score (nSPS) is 16.7. The molecular weight excluding hydrogens is 429 g/mol. The van der Waals surface area contributed by atoms with E-state index < -0.39 is 21.6 Å². The Morgan fingerprint density at radius 3 is 2.67 bits per heavy atom. The van der Waals surface area contributed by atoms with Crippen LogP contribution in [0.2, 0.25) is 0 Å². The zero-order valence-corrected chi connectivity index (χ0v) is 18.9. The lowest BCUT2D eigenvalue weighted by Crippen LogP contribution is -2.21. The number of anilines is 1. The van der Waals surface area contributed by atoms with Gasteiger partial charge in [-0.2, -0.15) is 13.5 Å². The van der Waals surface area contributed by atoms with E-state index in [1.165, 1.54) is 44.4 Å². The summed E-state index contributed by atoms with van der Waals surface area (Å²) < 4.78 is 44.3. The number of benzene rings is 1. The number of hydrogen-bond donors (Lipinski definition) is 1. The maximum Gasteiger partial charge on any atom is 0.260 e. The van der Waals surface area contributed by atoms with Crippen LogP contribution < -0.4 is 10.1 Å². The maximum absolute atomic E-state index is 13.4. The molecule has 0 saturated carbocycles. The van der Waals surface area contributed by atoms with E-state index in [1.807, 2.05) is 7.05 Å². The smallest absolute Gasteiger partial charge is 0.260 e. The van der Waals surface area contributed by atoms with E-state index in [9.17, 15) is 17.6 Å². The predicted molar refractivity (Wildman–Crippen MR) is 118 cm³/mol. The second kappa shape index (κ2) is 9.76. The number of aryl methyl sites for hydroxylation is 1. The van der Waals surface area contributed by atoms with E-state index in [2.05, 4.69) is 15.2 Å². The number of aromatic nitrogens is 1. The van der Waals surface area contributed by atoms with E-state index >= 15 is 0 Å². The number of methoxy groups -OCH3 is 1. The van der Waals surface area contributed by atoms with Crippen LogP contribution in [-0.2, 0) is 9.84 Å². The van der Waals surface area contributed by atoms with Crippen molar-refractivity contribution >= 4 is 35.1 Å². The summed E-state index contributed by atoms with van der Waals surface area (Å²) in [6.45, 7) is 3.10. The van der Waals surface area contributed by atoms with Crippen LogP contribution in [0.25, 0.3) is 0 Å². The third kappa shape index (κ3) is 5.50. The van der Waals surface area contributed by atoms with Crippen LogP contribution in [-0.4, -0.2) is 57.2 Å². The standard InChI is InChI=1S/C20H24FN3O4S.H2S/c1-13-17(21)5-7-19(22-13)23-20(25)16-10-15(4-6-18(16)28-3)29(26,27)12-14-8-9-24(2)11-14;/h4-7,10,14H,8-9,11-12H2,1-3H3,(H,22,23,25);1H2/t14-;/m0./s1. The van der Waals surface area contributed by atoms with Crippen molar-refractivity contribution in [3.8, 4) is 5.75 Å². The Balaban J connectivity index is 0.00000320. The quantitative estimate of drug-likeness (QED) is 0.720. The van der Waals surface area contributed by atoms with E-state index in [4.69, 9.17) is 4.74 Å². The van der Waals surface area contributed by atoms with Gasteiger partial charge in [-0.05, 0) is 63.2 Å². The minimum Gasteiger partial charge on any atom is -0.496 e. The van der Waals surface area contributed by atoms with Gasteiger partial charge >= 0.3 is 0 Å². The van der Waals surface area contributed by atoms with Crippen LogP contribution in [0.15, 0.2) is 35.2 Å². The number of rotatable bonds is 6. The van der Waals surface area contributed by atoms with Gasteiger partial charge in [0, 0.05) is 6.54 Å². The first kappa shape index (κ1) is 24.1. The summed E-state index contributed by atoms with van der Waals surface area (Å²) in [6, 6.07) is 6.77. The van der Waals surface area contributed by atoms with Gasteiger partial charge in [-0.3, -0.25) is 4.79 Å². The zero-order chi connectivity index (χ0) is 21.2. The minimum atomic E-state index is -3.56. The molecule has 2 heterocycles. The lowest BCUT2D eigenvalue weighted by molar-refractivity contribution is 0.102. The molecule has 1 fully saturated rings. The molecule has 7 nitrogen and oxygen atoms in total. The first-order valence-corrected chi connectivity index (χ1v) is 10.9. The van der Waals surface area contributed by atoms with Gasteiger partial charge in [0.05, 0.1) is 29.0 Å². The van der Waals surface area contributed by atoms with Gasteiger partial charge in [-0.15, -0.1) is 0 Å². The summed E-state index contributed by atoms with van der Waals surface area (Å²) in [5.41, 5.74) is 0.216. The van der Waals surface area contributed by atoms with Gasteiger partial charge in [0.2, 0.25) is 0 Å². The molecule has 1 aromatic heterocycles. The number of halogens is 1. The van der Waals surface area contributed by atoms with Crippen molar-refractivity contribution in [3.63, 3.8) is 0 Å². The maximum atomic E-state index is 13.4. The fourth-order valence-corrected chi connectivity index (χ4v) is 5.08. The van der Waals surface area contributed by atoms with Gasteiger partial charge < -0.3 is 15.0 Å². The van der Waals surface area contributed by atoms with Crippen molar-refractivity contribution in [2.75, 3.05) is 38.3 Å². The summed E-state index contributed by atoms with van der Waals surface area (Å²) in [4.78, 5) is 18.9. The van der Waals surface area contributed by atoms with Gasteiger partial charge in [-0.1, -0.05) is 0 Å². The molecule has 2 aromatic rings. The second-order valence-electron chi connectivity index (χ2n) is 7.28. The van der Waals surface area contributed by atoms with Crippen molar-refractivity contribution in [2.45, 2.75) is 18.2 Å². The van der Waals surface area contributed by atoms with E-state index in [-0.39, 0.29) is 52.9 Å². The highest BCUT2D eigenvalue weighted by molar-refractivity contribution is 7.91. The molecule has 1 saturated heterocycles. The van der Waals surface area contributed by atoms with E-state index in [0.717, 1.165) is 19.5 Å². The highest BCUT2D eigenvalue weighted by Crippen LogP contribution is 2.26. The molecule has 1 amide bonds. The number of nitrogens with one attached hydrogen (secondary N) is 1. The molecule has 0 bridgehead atoms. The Morgan fingerprint density at radius 2 is 2.07 bits per heavy atom. The van der Waals surface area contributed by atoms with Gasteiger partial charge in [0.25, 0.3) is 5.91 Å². The van der Waals surface area contributed by atoms with Crippen molar-refractivity contribution < 1.29 is 22.3 Å². The number of ether oxygens (including phenoxy) is 1. The summed E-state index contributed by atoms with van der Waals surface area (Å²) in [5.74, 6) is -0.567. The number of pyridine rings is 1. The Labute approximate surface area is 183 Å². The molecule has 10 heteroatoms. The van der Waals surface area contributed by atoms with Gasteiger partial charge in [0.15, 0.2) is 9.84 Å². The number of nitrogens with zero attached hydrogens (tertiary/aromatic N) is 2. The largest absolute Gasteiger partial charge is 0.496 e. The van der Waals surface area contributed by atoms with Crippen LogP contribution in [0, 0.1) is 18.7 Å². The third-order valence-corrected chi connectivity index (χ3v) is 6.86. The van der Waals surface area contributed by atoms with Crippen molar-refractivity contribution in [1.29, 1.82) is 0 Å². The molecule has 0 radical (unpaired) electrons. The average molecular weight is 456 g/mol.